The molecule has 2 rings (SSSR count). The molecule has 0 aliphatic rings. The Kier molecular flexibility index (Phi) is 4.42. The Bertz CT molecular complexity index is 621. The highest BCUT2D eigenvalue weighted by atomic mass is 35.5. The molecule has 0 aliphatic carbocycles. The number of aromatic carboxylic acids is 1. The van der Waals surface area contributed by atoms with Gasteiger partial charge in [0.15, 0.2) is 0 Å². The monoisotopic (exact) mass is 289 g/mol. The van der Waals surface area contributed by atoms with Crippen LogP contribution in [-0.2, 0) is 6.54 Å². The van der Waals surface area contributed by atoms with E-state index in [0.717, 1.165) is 12.1 Å². The molecule has 0 amide bonds. The lowest BCUT2D eigenvalue weighted by Gasteiger charge is -2.12. The summed E-state index contributed by atoms with van der Waals surface area (Å²) in [4.78, 5) is 12.5. The van der Waals surface area contributed by atoms with Gasteiger partial charge in [-0.25, -0.2) is 0 Å². The van der Waals surface area contributed by atoms with E-state index < -0.39 is 5.97 Å². The highest BCUT2D eigenvalue weighted by Crippen LogP contribution is 2.26. The first-order valence-electron chi connectivity index (χ1n) is 6.36. The summed E-state index contributed by atoms with van der Waals surface area (Å²) in [5.41, 5.74) is 2.79. The van der Waals surface area contributed by atoms with E-state index in [1.54, 1.807) is 12.1 Å². The molecular formula is C16H16ClNO2. The number of quaternary nitrogens is 1. The molecule has 0 atom stereocenters. The Morgan fingerprint density at radius 3 is 2.35 bits per heavy atom. The van der Waals surface area contributed by atoms with Crippen molar-refractivity contribution in [2.24, 2.45) is 0 Å². The van der Waals surface area contributed by atoms with Gasteiger partial charge in [0.05, 0.1) is 20.1 Å². The van der Waals surface area contributed by atoms with E-state index in [2.05, 4.69) is 14.1 Å². The maximum absolute atomic E-state index is 11.2. The summed E-state index contributed by atoms with van der Waals surface area (Å²) in [5, 5.41) is 11.6. The van der Waals surface area contributed by atoms with Crippen LogP contribution >= 0.6 is 11.6 Å². The van der Waals surface area contributed by atoms with Crippen LogP contribution in [0.4, 0.5) is 0 Å². The zero-order valence-corrected chi connectivity index (χ0v) is 12.2. The molecule has 20 heavy (non-hydrogen) atoms. The average molecular weight is 290 g/mol. The standard InChI is InChI=1S/C16H16ClNO2/c1-18(2)10-11-3-5-12(6-4-11)14-8-7-13(17)9-15(14)16(19)20/h3-9H,10H2,1-2H3,(H,19,20). The Labute approximate surface area is 123 Å². The van der Waals surface area contributed by atoms with Crippen LogP contribution in [0.3, 0.4) is 0 Å². The van der Waals surface area contributed by atoms with Crippen LogP contribution < -0.4 is 10.0 Å². The van der Waals surface area contributed by atoms with Crippen LogP contribution in [-0.4, -0.2) is 20.1 Å². The van der Waals surface area contributed by atoms with Gasteiger partial charge in [-0.2, -0.15) is 0 Å². The number of carboxylic acid groups (broad SMARTS) is 1. The summed E-state index contributed by atoms with van der Waals surface area (Å²) in [6, 6.07) is 12.7. The minimum absolute atomic E-state index is 0.114. The molecule has 2 aromatic rings. The van der Waals surface area contributed by atoms with Gasteiger partial charge < -0.3 is 14.8 Å². The van der Waals surface area contributed by atoms with Crippen LogP contribution in [0.5, 0.6) is 0 Å². The van der Waals surface area contributed by atoms with E-state index in [1.165, 1.54) is 16.5 Å². The van der Waals surface area contributed by atoms with Gasteiger partial charge in [0.25, 0.3) is 0 Å². The van der Waals surface area contributed by atoms with Gasteiger partial charge in [0.2, 0.25) is 0 Å². The van der Waals surface area contributed by atoms with E-state index in [1.807, 2.05) is 24.3 Å². The highest BCUT2D eigenvalue weighted by molar-refractivity contribution is 6.31. The van der Waals surface area contributed by atoms with Gasteiger partial charge in [-0.1, -0.05) is 41.9 Å². The average Bonchev–Trinajstić information content (AvgIpc) is 2.39. The molecular weight excluding hydrogens is 274 g/mol. The normalized spacial score (nSPS) is 10.8. The Morgan fingerprint density at radius 2 is 1.80 bits per heavy atom. The van der Waals surface area contributed by atoms with Gasteiger partial charge in [-0.3, -0.25) is 0 Å². The minimum atomic E-state index is -1.22. The molecule has 0 unspecified atom stereocenters. The van der Waals surface area contributed by atoms with E-state index in [-0.39, 0.29) is 5.56 Å². The first-order valence-corrected chi connectivity index (χ1v) is 6.74. The highest BCUT2D eigenvalue weighted by Gasteiger charge is 2.07. The van der Waals surface area contributed by atoms with Gasteiger partial charge in [0.1, 0.15) is 6.54 Å². The third-order valence-electron chi connectivity index (χ3n) is 3.02. The molecule has 0 aliphatic heterocycles. The lowest BCUT2D eigenvalue weighted by Crippen LogP contribution is -3.04. The van der Waals surface area contributed by atoms with Crippen molar-refractivity contribution < 1.29 is 14.8 Å². The fourth-order valence-corrected chi connectivity index (χ4v) is 2.32. The Morgan fingerprint density at radius 1 is 1.15 bits per heavy atom. The van der Waals surface area contributed by atoms with Crippen molar-refractivity contribution in [2.75, 3.05) is 14.1 Å². The summed E-state index contributed by atoms with van der Waals surface area (Å²) >= 11 is 5.84. The summed E-state index contributed by atoms with van der Waals surface area (Å²) < 4.78 is 0. The molecule has 104 valence electrons. The van der Waals surface area contributed by atoms with E-state index in [4.69, 9.17) is 11.6 Å². The number of nitrogens with one attached hydrogen (secondary N) is 1. The van der Waals surface area contributed by atoms with Crippen molar-refractivity contribution in [3.63, 3.8) is 0 Å². The maximum Gasteiger partial charge on any atom is 0.102 e. The van der Waals surface area contributed by atoms with Gasteiger partial charge in [-0.15, -0.1) is 0 Å². The topological polar surface area (TPSA) is 44.6 Å². The fraction of sp³-hybridized carbons (Fsp3) is 0.188. The number of benzene rings is 2. The Hall–Kier alpha value is -1.84. The first-order chi connectivity index (χ1) is 9.47. The van der Waals surface area contributed by atoms with Crippen molar-refractivity contribution in [2.45, 2.75) is 6.54 Å². The number of carbonyl (C=O) groups excluding carboxylic acids is 1. The number of rotatable bonds is 4. The fourth-order valence-electron chi connectivity index (χ4n) is 2.15. The van der Waals surface area contributed by atoms with Gasteiger partial charge in [-0.05, 0) is 23.3 Å². The number of hydrogen-bond acceptors (Lipinski definition) is 2. The third-order valence-corrected chi connectivity index (χ3v) is 3.26. The van der Waals surface area contributed by atoms with Crippen molar-refractivity contribution in [1.29, 1.82) is 0 Å². The van der Waals surface area contributed by atoms with Crippen LogP contribution in [0.2, 0.25) is 5.02 Å². The van der Waals surface area contributed by atoms with Crippen LogP contribution in [0.25, 0.3) is 11.1 Å². The first kappa shape index (κ1) is 14.6. The quantitative estimate of drug-likeness (QED) is 0.913. The summed E-state index contributed by atoms with van der Waals surface area (Å²) in [7, 11) is 4.17. The molecule has 0 saturated carbocycles. The molecule has 0 heterocycles. The molecule has 1 N–H and O–H groups in total. The van der Waals surface area contributed by atoms with Crippen molar-refractivity contribution in [3.8, 4) is 11.1 Å². The largest absolute Gasteiger partial charge is 0.545 e. The summed E-state index contributed by atoms with van der Waals surface area (Å²) in [6.45, 7) is 0.925. The third kappa shape index (κ3) is 3.38. The lowest BCUT2D eigenvalue weighted by atomic mass is 9.98. The van der Waals surface area contributed by atoms with Crippen LogP contribution in [0.15, 0.2) is 42.5 Å². The molecule has 0 fully saturated rings. The predicted molar refractivity (Wildman–Crippen MR) is 77.7 cm³/mol. The smallest absolute Gasteiger partial charge is 0.102 e. The molecule has 0 saturated heterocycles. The predicted octanol–water partition coefficient (Wildman–Crippen LogP) is 1.01. The zero-order chi connectivity index (χ0) is 14.7. The van der Waals surface area contributed by atoms with E-state index >= 15 is 0 Å². The maximum atomic E-state index is 11.2. The second-order valence-electron chi connectivity index (χ2n) is 5.06. The molecule has 2 aromatic carbocycles. The summed E-state index contributed by atoms with van der Waals surface area (Å²) in [6.07, 6.45) is 0. The minimum Gasteiger partial charge on any atom is -0.545 e. The van der Waals surface area contributed by atoms with Crippen LogP contribution in [0.1, 0.15) is 15.9 Å². The number of hydrogen-bond donors (Lipinski definition) is 1. The Balaban J connectivity index is 2.39. The van der Waals surface area contributed by atoms with Crippen molar-refractivity contribution >= 4 is 17.6 Å². The van der Waals surface area contributed by atoms with Crippen molar-refractivity contribution in [3.05, 3.63) is 58.6 Å². The van der Waals surface area contributed by atoms with Crippen LogP contribution in [0, 0.1) is 0 Å². The molecule has 0 radical (unpaired) electrons. The molecule has 0 bridgehead atoms. The molecule has 0 aromatic heterocycles. The number of halogens is 1. The molecule has 4 heteroatoms. The summed E-state index contributed by atoms with van der Waals surface area (Å²) in [5.74, 6) is -1.22. The number of carboxylic acids is 1. The molecule has 0 spiro atoms. The lowest BCUT2D eigenvalue weighted by molar-refractivity contribution is -0.872. The SMILES string of the molecule is C[NH+](C)Cc1ccc(-c2ccc(Cl)cc2C(=O)[O-])cc1. The van der Waals surface area contributed by atoms with E-state index in [9.17, 15) is 9.90 Å². The number of carbonyl (C=O) groups is 1. The van der Waals surface area contributed by atoms with E-state index in [0.29, 0.717) is 10.6 Å². The second kappa shape index (κ2) is 6.07. The zero-order valence-electron chi connectivity index (χ0n) is 11.4. The van der Waals surface area contributed by atoms with Gasteiger partial charge >= 0.3 is 0 Å². The second-order valence-corrected chi connectivity index (χ2v) is 5.49. The van der Waals surface area contributed by atoms with Gasteiger partial charge in [0, 0.05) is 16.1 Å². The van der Waals surface area contributed by atoms with Crippen molar-refractivity contribution in [1.82, 2.24) is 0 Å². The molecule has 3 nitrogen and oxygen atoms in total.